The third kappa shape index (κ3) is 3.53. The predicted molar refractivity (Wildman–Crippen MR) is 129 cm³/mol. The van der Waals surface area contributed by atoms with Gasteiger partial charge in [-0.25, -0.2) is 9.50 Å². The Balaban J connectivity index is 1.43. The average molecular weight is 432 g/mol. The van der Waals surface area contributed by atoms with Crippen LogP contribution < -0.4 is 11.1 Å². The summed E-state index contributed by atoms with van der Waals surface area (Å²) in [6, 6.07) is 26.3. The predicted octanol–water partition coefficient (Wildman–Crippen LogP) is 4.52. The van der Waals surface area contributed by atoms with Crippen LogP contribution in [-0.4, -0.2) is 29.4 Å². The summed E-state index contributed by atoms with van der Waals surface area (Å²) in [6.45, 7) is 0.692. The van der Waals surface area contributed by atoms with E-state index in [-0.39, 0.29) is 5.95 Å². The van der Waals surface area contributed by atoms with Crippen molar-refractivity contribution in [2.75, 3.05) is 11.1 Å². The molecule has 6 rings (SSSR count). The maximum atomic E-state index is 5.97. The molecule has 0 unspecified atom stereocenters. The van der Waals surface area contributed by atoms with Gasteiger partial charge in [-0.2, -0.15) is 10.1 Å². The molecule has 0 aliphatic rings. The molecule has 8 heteroatoms. The number of benzene rings is 3. The number of hydrogen-bond acceptors (Lipinski definition) is 6. The minimum absolute atomic E-state index is 0.190. The fourth-order valence-electron chi connectivity index (χ4n) is 3.94. The van der Waals surface area contributed by atoms with Crippen molar-refractivity contribution in [2.24, 2.45) is 0 Å². The standard InChI is InChI=1S/C25H20N8/c26-25-30-24-23(29-20-9-5-2-6-10-20)27-15-22(33(24)31-25)18-11-12-19-14-28-32(21(19)13-18)16-17-7-3-1-4-8-17/h1-15H,16H2,(H2,26,31)(H,27,29). The molecule has 3 aromatic heterocycles. The fraction of sp³-hybridized carbons (Fsp3) is 0.0400. The Labute approximate surface area is 189 Å². The summed E-state index contributed by atoms with van der Waals surface area (Å²) in [5.74, 6) is 0.778. The van der Waals surface area contributed by atoms with Gasteiger partial charge >= 0.3 is 0 Å². The number of anilines is 3. The molecule has 0 bridgehead atoms. The average Bonchev–Trinajstić information content (AvgIpc) is 3.44. The van der Waals surface area contributed by atoms with Gasteiger partial charge in [0.15, 0.2) is 5.82 Å². The van der Waals surface area contributed by atoms with Gasteiger partial charge in [0.1, 0.15) is 0 Å². The third-order valence-corrected chi connectivity index (χ3v) is 5.53. The molecule has 3 N–H and O–H groups in total. The number of nitrogens with two attached hydrogens (primary N) is 1. The van der Waals surface area contributed by atoms with Crippen LogP contribution in [0.1, 0.15) is 5.56 Å². The third-order valence-electron chi connectivity index (χ3n) is 5.53. The summed E-state index contributed by atoms with van der Waals surface area (Å²) in [5.41, 5.74) is 11.4. The van der Waals surface area contributed by atoms with Crippen LogP contribution in [0.3, 0.4) is 0 Å². The molecular formula is C25H20N8. The summed E-state index contributed by atoms with van der Waals surface area (Å²) >= 11 is 0. The number of nitrogen functional groups attached to an aromatic ring is 1. The van der Waals surface area contributed by atoms with Gasteiger partial charge in [-0.1, -0.05) is 60.7 Å². The molecule has 0 atom stereocenters. The molecule has 0 saturated carbocycles. The van der Waals surface area contributed by atoms with Crippen molar-refractivity contribution >= 4 is 34.0 Å². The van der Waals surface area contributed by atoms with Crippen LogP contribution in [0, 0.1) is 0 Å². The molecule has 0 saturated heterocycles. The molecular weight excluding hydrogens is 412 g/mol. The first-order valence-corrected chi connectivity index (χ1v) is 10.6. The molecule has 8 nitrogen and oxygen atoms in total. The first-order chi connectivity index (χ1) is 16.2. The number of rotatable bonds is 5. The number of para-hydroxylation sites is 1. The second-order valence-corrected chi connectivity index (χ2v) is 7.75. The normalized spacial score (nSPS) is 11.3. The van der Waals surface area contributed by atoms with E-state index >= 15 is 0 Å². The van der Waals surface area contributed by atoms with Crippen molar-refractivity contribution in [1.82, 2.24) is 29.4 Å². The highest BCUT2D eigenvalue weighted by Crippen LogP contribution is 2.28. The molecule has 0 fully saturated rings. The van der Waals surface area contributed by atoms with Crippen molar-refractivity contribution in [3.8, 4) is 11.3 Å². The second kappa shape index (κ2) is 7.76. The molecule has 0 spiro atoms. The van der Waals surface area contributed by atoms with Crippen molar-refractivity contribution in [3.05, 3.63) is 96.8 Å². The van der Waals surface area contributed by atoms with E-state index in [2.05, 4.69) is 49.7 Å². The number of hydrogen-bond donors (Lipinski definition) is 2. The van der Waals surface area contributed by atoms with E-state index in [9.17, 15) is 0 Å². The lowest BCUT2D eigenvalue weighted by Gasteiger charge is -2.10. The molecule has 0 aliphatic heterocycles. The van der Waals surface area contributed by atoms with Crippen LogP contribution in [0.5, 0.6) is 0 Å². The molecule has 0 radical (unpaired) electrons. The Morgan fingerprint density at radius 1 is 0.879 bits per heavy atom. The van der Waals surface area contributed by atoms with Gasteiger partial charge in [-0.3, -0.25) is 4.68 Å². The van der Waals surface area contributed by atoms with Crippen molar-refractivity contribution in [2.45, 2.75) is 6.54 Å². The monoisotopic (exact) mass is 432 g/mol. The molecule has 0 amide bonds. The summed E-state index contributed by atoms with van der Waals surface area (Å²) in [6.07, 6.45) is 3.67. The zero-order valence-electron chi connectivity index (χ0n) is 17.6. The Morgan fingerprint density at radius 2 is 1.67 bits per heavy atom. The Bertz CT molecular complexity index is 1570. The van der Waals surface area contributed by atoms with Crippen molar-refractivity contribution in [1.29, 1.82) is 0 Å². The summed E-state index contributed by atoms with van der Waals surface area (Å²) in [5, 5.41) is 13.4. The highest BCUT2D eigenvalue weighted by atomic mass is 15.3. The van der Waals surface area contributed by atoms with Gasteiger partial charge in [0.2, 0.25) is 11.6 Å². The van der Waals surface area contributed by atoms with Crippen molar-refractivity contribution in [3.63, 3.8) is 0 Å². The van der Waals surface area contributed by atoms with Crippen molar-refractivity contribution < 1.29 is 0 Å². The zero-order valence-corrected chi connectivity index (χ0v) is 17.6. The van der Waals surface area contributed by atoms with Crippen LogP contribution in [0.15, 0.2) is 91.3 Å². The summed E-state index contributed by atoms with van der Waals surface area (Å²) in [4.78, 5) is 9.05. The lowest BCUT2D eigenvalue weighted by atomic mass is 10.1. The van der Waals surface area contributed by atoms with E-state index in [1.54, 1.807) is 10.7 Å². The molecule has 3 aromatic carbocycles. The SMILES string of the molecule is Nc1nc2c(Nc3ccccc3)ncc(-c3ccc4cnn(Cc5ccccc5)c4c3)n2n1. The van der Waals surface area contributed by atoms with E-state index in [1.807, 2.05) is 65.5 Å². The van der Waals surface area contributed by atoms with Gasteiger partial charge in [0.05, 0.1) is 30.1 Å². The van der Waals surface area contributed by atoms with Gasteiger partial charge in [0.25, 0.3) is 0 Å². The highest BCUT2D eigenvalue weighted by Gasteiger charge is 2.15. The lowest BCUT2D eigenvalue weighted by molar-refractivity contribution is 0.712. The number of fused-ring (bicyclic) bond motifs is 2. The zero-order chi connectivity index (χ0) is 22.2. The van der Waals surface area contributed by atoms with E-state index in [0.29, 0.717) is 18.0 Å². The van der Waals surface area contributed by atoms with Gasteiger partial charge in [-0.05, 0) is 23.8 Å². The van der Waals surface area contributed by atoms with E-state index < -0.39 is 0 Å². The quantitative estimate of drug-likeness (QED) is 0.416. The highest BCUT2D eigenvalue weighted by molar-refractivity contribution is 5.84. The van der Waals surface area contributed by atoms with E-state index in [4.69, 9.17) is 5.73 Å². The van der Waals surface area contributed by atoms with Crippen LogP contribution in [-0.2, 0) is 6.54 Å². The fourth-order valence-corrected chi connectivity index (χ4v) is 3.94. The maximum absolute atomic E-state index is 5.97. The van der Waals surface area contributed by atoms with Crippen LogP contribution in [0.2, 0.25) is 0 Å². The summed E-state index contributed by atoms with van der Waals surface area (Å²) in [7, 11) is 0. The van der Waals surface area contributed by atoms with Crippen LogP contribution in [0.4, 0.5) is 17.5 Å². The Morgan fingerprint density at radius 3 is 2.48 bits per heavy atom. The first-order valence-electron chi connectivity index (χ1n) is 10.6. The van der Waals surface area contributed by atoms with E-state index in [1.165, 1.54) is 5.56 Å². The van der Waals surface area contributed by atoms with Crippen LogP contribution in [0.25, 0.3) is 27.8 Å². The summed E-state index contributed by atoms with van der Waals surface area (Å²) < 4.78 is 3.73. The number of nitrogens with one attached hydrogen (secondary N) is 1. The van der Waals surface area contributed by atoms with E-state index in [0.717, 1.165) is 27.8 Å². The smallest absolute Gasteiger partial charge is 0.240 e. The van der Waals surface area contributed by atoms with Gasteiger partial charge in [-0.15, -0.1) is 5.10 Å². The lowest BCUT2D eigenvalue weighted by Crippen LogP contribution is -2.03. The number of nitrogens with zero attached hydrogens (tertiary/aromatic N) is 6. The molecule has 6 aromatic rings. The molecule has 160 valence electrons. The molecule has 33 heavy (non-hydrogen) atoms. The second-order valence-electron chi connectivity index (χ2n) is 7.75. The minimum atomic E-state index is 0.190. The molecule has 0 aliphatic carbocycles. The van der Waals surface area contributed by atoms with Crippen LogP contribution >= 0.6 is 0 Å². The topological polar surface area (TPSA) is 99.0 Å². The Hall–Kier alpha value is -4.72. The molecule has 3 heterocycles. The van der Waals surface area contributed by atoms with Gasteiger partial charge < -0.3 is 11.1 Å². The minimum Gasteiger partial charge on any atom is -0.366 e. The van der Waals surface area contributed by atoms with Gasteiger partial charge in [0, 0.05) is 16.6 Å². The largest absolute Gasteiger partial charge is 0.366 e. The Kier molecular flexibility index (Phi) is 4.47. The maximum Gasteiger partial charge on any atom is 0.240 e. The number of aromatic nitrogens is 6. The first kappa shape index (κ1) is 19.0.